The zero-order valence-corrected chi connectivity index (χ0v) is 19.5. The quantitative estimate of drug-likeness (QED) is 0.232. The first-order valence-corrected chi connectivity index (χ1v) is 10.6. The number of carbonyl (C=O) groups is 1. The highest BCUT2D eigenvalue weighted by molar-refractivity contribution is 14.1. The zero-order chi connectivity index (χ0) is 21.0. The van der Waals surface area contributed by atoms with E-state index in [1.54, 1.807) is 24.3 Å². The monoisotopic (exact) mass is 536 g/mol. The van der Waals surface area contributed by atoms with Crippen LogP contribution in [-0.2, 0) is 4.79 Å². The Balaban J connectivity index is 1.59. The van der Waals surface area contributed by atoms with Crippen molar-refractivity contribution in [2.24, 2.45) is 0 Å². The average molecular weight is 537 g/mol. The Morgan fingerprint density at radius 2 is 1.83 bits per heavy atom. The van der Waals surface area contributed by atoms with Crippen molar-refractivity contribution < 1.29 is 9.21 Å². The van der Waals surface area contributed by atoms with Gasteiger partial charge in [0.15, 0.2) is 5.11 Å². The number of hydrogen-bond acceptors (Lipinski definition) is 3. The second kappa shape index (κ2) is 9.56. The van der Waals surface area contributed by atoms with Gasteiger partial charge in [0.2, 0.25) is 5.91 Å². The van der Waals surface area contributed by atoms with Crippen LogP contribution in [0.3, 0.4) is 0 Å². The van der Waals surface area contributed by atoms with Gasteiger partial charge in [0.1, 0.15) is 11.5 Å². The third kappa shape index (κ3) is 5.91. The van der Waals surface area contributed by atoms with E-state index in [0.717, 1.165) is 22.4 Å². The number of amides is 1. The molecule has 0 aliphatic carbocycles. The number of rotatable bonds is 4. The van der Waals surface area contributed by atoms with Gasteiger partial charge in [-0.05, 0) is 114 Å². The SMILES string of the molecule is Cc1cc(NC(=S)NC(=O)C=Cc2ccc(-c3ccc(Cl)cc3)o2)c(C)cc1I. The molecule has 2 aromatic carbocycles. The highest BCUT2D eigenvalue weighted by atomic mass is 127. The van der Waals surface area contributed by atoms with Crippen LogP contribution in [0, 0.1) is 17.4 Å². The third-order valence-corrected chi connectivity index (χ3v) is 5.76. The highest BCUT2D eigenvalue weighted by Gasteiger charge is 2.07. The molecule has 29 heavy (non-hydrogen) atoms. The maximum absolute atomic E-state index is 12.2. The molecule has 2 N–H and O–H groups in total. The van der Waals surface area contributed by atoms with Crippen molar-refractivity contribution in [2.45, 2.75) is 13.8 Å². The van der Waals surface area contributed by atoms with Crippen LogP contribution >= 0.6 is 46.4 Å². The third-order valence-electron chi connectivity index (χ3n) is 4.15. The van der Waals surface area contributed by atoms with Gasteiger partial charge in [0, 0.05) is 25.9 Å². The van der Waals surface area contributed by atoms with Crippen LogP contribution in [0.4, 0.5) is 5.69 Å². The van der Waals surface area contributed by atoms with E-state index < -0.39 is 0 Å². The minimum absolute atomic E-state index is 0.240. The van der Waals surface area contributed by atoms with Crippen molar-refractivity contribution in [3.05, 3.63) is 80.1 Å². The number of carbonyl (C=O) groups excluding carboxylic acids is 1. The summed E-state index contributed by atoms with van der Waals surface area (Å²) in [7, 11) is 0. The lowest BCUT2D eigenvalue weighted by atomic mass is 10.1. The molecule has 7 heteroatoms. The van der Waals surface area contributed by atoms with Crippen molar-refractivity contribution in [1.82, 2.24) is 5.32 Å². The van der Waals surface area contributed by atoms with Gasteiger partial charge in [-0.25, -0.2) is 0 Å². The average Bonchev–Trinajstić information content (AvgIpc) is 3.14. The molecule has 1 heterocycles. The van der Waals surface area contributed by atoms with E-state index in [4.69, 9.17) is 28.2 Å². The molecule has 4 nitrogen and oxygen atoms in total. The number of thiocarbonyl (C=S) groups is 1. The topological polar surface area (TPSA) is 54.3 Å². The first-order valence-electron chi connectivity index (χ1n) is 8.74. The van der Waals surface area contributed by atoms with E-state index in [-0.39, 0.29) is 11.0 Å². The molecule has 0 atom stereocenters. The smallest absolute Gasteiger partial charge is 0.250 e. The molecule has 1 aromatic heterocycles. The Morgan fingerprint density at radius 3 is 2.55 bits per heavy atom. The van der Waals surface area contributed by atoms with E-state index in [1.807, 2.05) is 38.1 Å². The van der Waals surface area contributed by atoms with E-state index in [9.17, 15) is 4.79 Å². The van der Waals surface area contributed by atoms with Crippen LogP contribution in [0.15, 0.2) is 59.0 Å². The van der Waals surface area contributed by atoms with Crippen molar-refractivity contribution in [2.75, 3.05) is 5.32 Å². The van der Waals surface area contributed by atoms with Gasteiger partial charge in [-0.1, -0.05) is 11.6 Å². The second-order valence-corrected chi connectivity index (χ2v) is 8.41. The van der Waals surface area contributed by atoms with Crippen molar-refractivity contribution in [1.29, 1.82) is 0 Å². The molecular formula is C22H18ClIN2O2S. The van der Waals surface area contributed by atoms with Crippen LogP contribution in [0.2, 0.25) is 5.02 Å². The van der Waals surface area contributed by atoms with Crippen LogP contribution in [-0.4, -0.2) is 11.0 Å². The summed E-state index contributed by atoms with van der Waals surface area (Å²) in [5.74, 6) is 0.920. The molecule has 0 aliphatic heterocycles. The Hall–Kier alpha value is -2.16. The molecule has 0 aliphatic rings. The fourth-order valence-corrected chi connectivity index (χ4v) is 3.55. The summed E-state index contributed by atoms with van der Waals surface area (Å²) < 4.78 is 6.92. The van der Waals surface area contributed by atoms with Gasteiger partial charge in [-0.2, -0.15) is 0 Å². The molecule has 0 unspecified atom stereocenters. The van der Waals surface area contributed by atoms with Crippen LogP contribution in [0.1, 0.15) is 16.9 Å². The molecule has 148 valence electrons. The van der Waals surface area contributed by atoms with Gasteiger partial charge in [0.25, 0.3) is 0 Å². The zero-order valence-electron chi connectivity index (χ0n) is 15.8. The van der Waals surface area contributed by atoms with E-state index in [2.05, 4.69) is 39.3 Å². The predicted molar refractivity (Wildman–Crippen MR) is 131 cm³/mol. The molecule has 0 saturated carbocycles. The van der Waals surface area contributed by atoms with Gasteiger partial charge in [-0.15, -0.1) is 0 Å². The minimum atomic E-state index is -0.341. The molecule has 0 bridgehead atoms. The molecule has 3 aromatic rings. The van der Waals surface area contributed by atoms with Crippen LogP contribution < -0.4 is 10.6 Å². The summed E-state index contributed by atoms with van der Waals surface area (Å²) in [5.41, 5.74) is 3.97. The highest BCUT2D eigenvalue weighted by Crippen LogP contribution is 2.24. The summed E-state index contributed by atoms with van der Waals surface area (Å²) in [6, 6.07) is 15.1. The predicted octanol–water partition coefficient (Wildman–Crippen LogP) is 6.35. The summed E-state index contributed by atoms with van der Waals surface area (Å²) >= 11 is 13.4. The van der Waals surface area contributed by atoms with Crippen LogP contribution in [0.5, 0.6) is 0 Å². The summed E-state index contributed by atoms with van der Waals surface area (Å²) in [6.07, 6.45) is 2.97. The van der Waals surface area contributed by atoms with Crippen molar-refractivity contribution >= 4 is 69.2 Å². The number of anilines is 1. The maximum atomic E-state index is 12.2. The molecule has 0 spiro atoms. The molecule has 3 rings (SSSR count). The lowest BCUT2D eigenvalue weighted by Gasteiger charge is -2.12. The summed E-state index contributed by atoms with van der Waals surface area (Å²) in [4.78, 5) is 12.2. The van der Waals surface area contributed by atoms with Crippen molar-refractivity contribution in [3.63, 3.8) is 0 Å². The number of nitrogens with one attached hydrogen (secondary N) is 2. The van der Waals surface area contributed by atoms with Gasteiger partial charge in [-0.3, -0.25) is 10.1 Å². The molecule has 0 saturated heterocycles. The largest absolute Gasteiger partial charge is 0.457 e. The first-order chi connectivity index (χ1) is 13.8. The van der Waals surface area contributed by atoms with E-state index >= 15 is 0 Å². The molecule has 0 fully saturated rings. The fourth-order valence-electron chi connectivity index (χ4n) is 2.59. The minimum Gasteiger partial charge on any atom is -0.457 e. The van der Waals surface area contributed by atoms with E-state index in [1.165, 1.54) is 9.65 Å². The van der Waals surface area contributed by atoms with Crippen LogP contribution in [0.25, 0.3) is 17.4 Å². The standard InChI is InChI=1S/C22H18ClIN2O2S/c1-13-12-19(14(2)11-18(13)24)25-22(29)26-21(27)10-8-17-7-9-20(28-17)15-3-5-16(23)6-4-15/h3-12H,1-2H3,(H2,25,26,27,29). The fraction of sp³-hybridized carbons (Fsp3) is 0.0909. The Labute approximate surface area is 193 Å². The first kappa shape index (κ1) is 21.5. The second-order valence-electron chi connectivity index (χ2n) is 6.40. The number of benzene rings is 2. The Kier molecular flexibility index (Phi) is 7.10. The van der Waals surface area contributed by atoms with E-state index in [0.29, 0.717) is 16.5 Å². The lowest BCUT2D eigenvalue weighted by molar-refractivity contribution is -0.115. The molecular weight excluding hydrogens is 519 g/mol. The molecule has 0 radical (unpaired) electrons. The van der Waals surface area contributed by atoms with Gasteiger partial charge < -0.3 is 9.73 Å². The summed E-state index contributed by atoms with van der Waals surface area (Å²) in [5, 5.41) is 6.61. The molecule has 1 amide bonds. The number of aryl methyl sites for hydroxylation is 2. The van der Waals surface area contributed by atoms with Crippen molar-refractivity contribution in [3.8, 4) is 11.3 Å². The normalized spacial score (nSPS) is 10.9. The summed E-state index contributed by atoms with van der Waals surface area (Å²) in [6.45, 7) is 4.02. The Bertz CT molecular complexity index is 1090. The maximum Gasteiger partial charge on any atom is 0.250 e. The number of hydrogen-bond donors (Lipinski definition) is 2. The lowest BCUT2D eigenvalue weighted by Crippen LogP contribution is -2.33. The van der Waals surface area contributed by atoms with Gasteiger partial charge >= 0.3 is 0 Å². The number of furan rings is 1. The Morgan fingerprint density at radius 1 is 1.10 bits per heavy atom. The number of halogens is 2. The van der Waals surface area contributed by atoms with Gasteiger partial charge in [0.05, 0.1) is 0 Å².